The van der Waals surface area contributed by atoms with E-state index in [1.54, 1.807) is 30.7 Å². The first kappa shape index (κ1) is 16.4. The number of amides is 1. The van der Waals surface area contributed by atoms with Crippen LogP contribution in [0.1, 0.15) is 11.3 Å². The number of benzene rings is 1. The van der Waals surface area contributed by atoms with Crippen LogP contribution < -0.4 is 14.4 Å². The van der Waals surface area contributed by atoms with Crippen LogP contribution in [0.4, 0.5) is 9.93 Å². The Kier molecular flexibility index (Phi) is 5.46. The van der Waals surface area contributed by atoms with E-state index < -0.39 is 6.09 Å². The minimum absolute atomic E-state index is 0.123. The van der Waals surface area contributed by atoms with E-state index >= 15 is 0 Å². The normalized spacial score (nSPS) is 10.3. The Hall–Kier alpha value is -1.99. The van der Waals surface area contributed by atoms with Crippen LogP contribution >= 0.6 is 22.9 Å². The lowest BCUT2D eigenvalue weighted by molar-refractivity contribution is 0.201. The van der Waals surface area contributed by atoms with Crippen LogP contribution in [0.2, 0.25) is 0 Å². The highest BCUT2D eigenvalue weighted by Gasteiger charge is 2.20. The molecule has 1 aromatic carbocycles. The van der Waals surface area contributed by atoms with Gasteiger partial charge in [0.05, 0.1) is 32.3 Å². The van der Waals surface area contributed by atoms with Gasteiger partial charge in [-0.1, -0.05) is 0 Å². The Morgan fingerprint density at radius 1 is 1.41 bits per heavy atom. The summed E-state index contributed by atoms with van der Waals surface area (Å²) in [6, 6.07) is 5.23. The molecule has 1 amide bonds. The molecular formula is C14H15ClN2O4S. The molecule has 22 heavy (non-hydrogen) atoms. The highest BCUT2D eigenvalue weighted by Crippen LogP contribution is 2.29. The molecular weight excluding hydrogens is 328 g/mol. The largest absolute Gasteiger partial charge is 0.497 e. The van der Waals surface area contributed by atoms with Crippen molar-refractivity contribution in [2.45, 2.75) is 12.4 Å². The molecule has 0 saturated carbocycles. The summed E-state index contributed by atoms with van der Waals surface area (Å²) < 4.78 is 10.4. The highest BCUT2D eigenvalue weighted by atomic mass is 35.5. The fourth-order valence-electron chi connectivity index (χ4n) is 1.85. The fourth-order valence-corrected chi connectivity index (χ4v) is 2.90. The first-order valence-corrected chi connectivity index (χ1v) is 7.72. The Bertz CT molecular complexity index is 662. The number of hydrogen-bond donors (Lipinski definition) is 1. The Balaban J connectivity index is 2.30. The number of aromatic nitrogens is 1. The Morgan fingerprint density at radius 3 is 2.73 bits per heavy atom. The van der Waals surface area contributed by atoms with Crippen molar-refractivity contribution in [2.24, 2.45) is 0 Å². The predicted octanol–water partition coefficient (Wildman–Crippen LogP) is 3.58. The number of anilines is 1. The molecule has 0 aliphatic carbocycles. The van der Waals surface area contributed by atoms with Crippen LogP contribution in [0.15, 0.2) is 23.6 Å². The molecule has 118 valence electrons. The Labute approximate surface area is 136 Å². The lowest BCUT2D eigenvalue weighted by atomic mass is 10.2. The minimum atomic E-state index is -1.09. The molecule has 1 N–H and O–H groups in total. The van der Waals surface area contributed by atoms with Crippen molar-refractivity contribution in [1.29, 1.82) is 0 Å². The van der Waals surface area contributed by atoms with Crippen LogP contribution in [0.25, 0.3) is 0 Å². The van der Waals surface area contributed by atoms with Gasteiger partial charge in [-0.2, -0.15) is 0 Å². The van der Waals surface area contributed by atoms with Gasteiger partial charge in [-0.25, -0.2) is 14.7 Å². The number of nitrogens with zero attached hydrogens (tertiary/aromatic N) is 2. The first-order chi connectivity index (χ1) is 10.6. The van der Waals surface area contributed by atoms with Crippen molar-refractivity contribution < 1.29 is 19.4 Å². The summed E-state index contributed by atoms with van der Waals surface area (Å²) in [6.45, 7) is 0.123. The fraction of sp³-hybridized carbons (Fsp3) is 0.286. The number of hydrogen-bond acceptors (Lipinski definition) is 5. The zero-order chi connectivity index (χ0) is 16.1. The summed E-state index contributed by atoms with van der Waals surface area (Å²) in [6.07, 6.45) is -1.09. The molecule has 0 atom stereocenters. The van der Waals surface area contributed by atoms with Gasteiger partial charge in [0.15, 0.2) is 5.13 Å². The van der Waals surface area contributed by atoms with Gasteiger partial charge >= 0.3 is 6.09 Å². The predicted molar refractivity (Wildman–Crippen MR) is 85.4 cm³/mol. The standard InChI is InChI=1S/C14H15ClN2O4S/c1-20-11-4-3-9(12(5-11)21-2)7-17(14(18)19)13-16-10(6-15)8-22-13/h3-5,8H,6-7H2,1-2H3,(H,18,19). The molecule has 6 nitrogen and oxygen atoms in total. The van der Waals surface area contributed by atoms with Crippen molar-refractivity contribution >= 4 is 34.2 Å². The molecule has 1 aromatic heterocycles. The average Bonchev–Trinajstić information content (AvgIpc) is 3.00. The van der Waals surface area contributed by atoms with Crippen molar-refractivity contribution in [2.75, 3.05) is 19.1 Å². The third-order valence-corrected chi connectivity index (χ3v) is 4.15. The zero-order valence-corrected chi connectivity index (χ0v) is 13.6. The van der Waals surface area contributed by atoms with Gasteiger partial charge in [-0.3, -0.25) is 0 Å². The van der Waals surface area contributed by atoms with Crippen LogP contribution in [-0.2, 0) is 12.4 Å². The van der Waals surface area contributed by atoms with E-state index in [0.717, 1.165) is 4.90 Å². The van der Waals surface area contributed by atoms with Gasteiger partial charge in [-0.05, 0) is 12.1 Å². The van der Waals surface area contributed by atoms with Crippen molar-refractivity contribution in [1.82, 2.24) is 4.98 Å². The molecule has 8 heteroatoms. The zero-order valence-electron chi connectivity index (χ0n) is 12.1. The second-order valence-corrected chi connectivity index (χ2v) is 5.41. The van der Waals surface area contributed by atoms with Crippen LogP contribution in [-0.4, -0.2) is 30.4 Å². The van der Waals surface area contributed by atoms with Gasteiger partial charge in [0, 0.05) is 17.0 Å². The van der Waals surface area contributed by atoms with Gasteiger partial charge in [0.2, 0.25) is 0 Å². The SMILES string of the molecule is COc1ccc(CN(C(=O)O)c2nc(CCl)cs2)c(OC)c1. The second kappa shape index (κ2) is 7.33. The van der Waals surface area contributed by atoms with Crippen molar-refractivity contribution in [3.05, 3.63) is 34.8 Å². The molecule has 0 aliphatic heterocycles. The van der Waals surface area contributed by atoms with Gasteiger partial charge in [0.1, 0.15) is 11.5 Å². The minimum Gasteiger partial charge on any atom is -0.497 e. The molecule has 0 saturated heterocycles. The lowest BCUT2D eigenvalue weighted by Crippen LogP contribution is -2.28. The number of ether oxygens (including phenoxy) is 2. The average molecular weight is 343 g/mol. The van der Waals surface area contributed by atoms with E-state index in [0.29, 0.717) is 27.9 Å². The molecule has 0 aliphatic rings. The second-order valence-electron chi connectivity index (χ2n) is 4.30. The summed E-state index contributed by atoms with van der Waals surface area (Å²) in [7, 11) is 3.08. The molecule has 2 rings (SSSR count). The molecule has 0 radical (unpaired) electrons. The summed E-state index contributed by atoms with van der Waals surface area (Å²) in [5.41, 5.74) is 1.36. The third kappa shape index (κ3) is 3.61. The summed E-state index contributed by atoms with van der Waals surface area (Å²) in [5, 5.41) is 11.5. The topological polar surface area (TPSA) is 71.9 Å². The maximum absolute atomic E-state index is 11.5. The summed E-state index contributed by atoms with van der Waals surface area (Å²) in [5.74, 6) is 1.44. The highest BCUT2D eigenvalue weighted by molar-refractivity contribution is 7.14. The van der Waals surface area contributed by atoms with Crippen molar-refractivity contribution in [3.63, 3.8) is 0 Å². The van der Waals surface area contributed by atoms with Gasteiger partial charge < -0.3 is 14.6 Å². The number of rotatable bonds is 6. The lowest BCUT2D eigenvalue weighted by Gasteiger charge is -2.18. The number of alkyl halides is 1. The Morgan fingerprint density at radius 2 is 2.18 bits per heavy atom. The smallest absolute Gasteiger partial charge is 0.413 e. The van der Waals surface area contributed by atoms with Crippen LogP contribution in [0.3, 0.4) is 0 Å². The van der Waals surface area contributed by atoms with Gasteiger partial charge in [-0.15, -0.1) is 22.9 Å². The molecule has 1 heterocycles. The number of carboxylic acid groups (broad SMARTS) is 1. The summed E-state index contributed by atoms with van der Waals surface area (Å²) in [4.78, 5) is 16.9. The monoisotopic (exact) mass is 342 g/mol. The molecule has 0 unspecified atom stereocenters. The van der Waals surface area contributed by atoms with E-state index in [4.69, 9.17) is 21.1 Å². The number of thiazole rings is 1. The quantitative estimate of drug-likeness (QED) is 0.812. The third-order valence-electron chi connectivity index (χ3n) is 2.96. The van der Waals surface area contributed by atoms with E-state index in [9.17, 15) is 9.90 Å². The van der Waals surface area contributed by atoms with Crippen LogP contribution in [0, 0.1) is 0 Å². The first-order valence-electron chi connectivity index (χ1n) is 6.30. The molecule has 2 aromatic rings. The van der Waals surface area contributed by atoms with E-state index in [-0.39, 0.29) is 12.4 Å². The van der Waals surface area contributed by atoms with Crippen LogP contribution in [0.5, 0.6) is 11.5 Å². The summed E-state index contributed by atoms with van der Waals surface area (Å²) >= 11 is 6.95. The number of halogens is 1. The number of methoxy groups -OCH3 is 2. The van der Waals surface area contributed by atoms with E-state index in [2.05, 4.69) is 4.98 Å². The molecule has 0 bridgehead atoms. The van der Waals surface area contributed by atoms with E-state index in [1.165, 1.54) is 18.4 Å². The maximum Gasteiger partial charge on any atom is 0.413 e. The van der Waals surface area contributed by atoms with Gasteiger partial charge in [0.25, 0.3) is 0 Å². The van der Waals surface area contributed by atoms with Crippen molar-refractivity contribution in [3.8, 4) is 11.5 Å². The van der Waals surface area contributed by atoms with E-state index in [1.807, 2.05) is 0 Å². The molecule has 0 spiro atoms. The number of carbonyl (C=O) groups is 1. The molecule has 0 fully saturated rings. The maximum atomic E-state index is 11.5.